The Morgan fingerprint density at radius 2 is 1.92 bits per heavy atom. The number of aryl methyl sites for hydroxylation is 3. The van der Waals surface area contributed by atoms with Crippen molar-refractivity contribution in [2.75, 3.05) is 5.73 Å². The molecule has 4 heteroatoms. The van der Waals surface area contributed by atoms with E-state index in [9.17, 15) is 0 Å². The number of anilines is 1. The molecule has 0 saturated carbocycles. The normalized spacial score (nSPS) is 13.6. The summed E-state index contributed by atoms with van der Waals surface area (Å²) in [6, 6.07) is 8.34. The van der Waals surface area contributed by atoms with E-state index in [0.29, 0.717) is 0 Å². The van der Waals surface area contributed by atoms with Crippen molar-refractivity contribution in [1.29, 1.82) is 0 Å². The van der Waals surface area contributed by atoms with Crippen molar-refractivity contribution < 1.29 is 0 Å². The highest BCUT2D eigenvalue weighted by molar-refractivity contribution is 5.91. The third-order valence-corrected chi connectivity index (χ3v) is 5.04. The number of fused-ring (bicyclic) bond motifs is 2. The first-order chi connectivity index (χ1) is 12.7. The van der Waals surface area contributed by atoms with Crippen LogP contribution in [0.3, 0.4) is 0 Å². The molecule has 1 aliphatic carbocycles. The van der Waals surface area contributed by atoms with Crippen molar-refractivity contribution in [2.45, 2.75) is 32.6 Å². The van der Waals surface area contributed by atoms with E-state index in [1.807, 2.05) is 25.1 Å². The summed E-state index contributed by atoms with van der Waals surface area (Å²) in [5.74, 6) is 1.06. The van der Waals surface area contributed by atoms with Gasteiger partial charge >= 0.3 is 0 Å². The molecule has 132 valence electrons. The second kappa shape index (κ2) is 6.79. The first-order valence-corrected chi connectivity index (χ1v) is 9.20. The molecular formula is C22H24N4. The van der Waals surface area contributed by atoms with Gasteiger partial charge in [-0.3, -0.25) is 4.98 Å². The van der Waals surface area contributed by atoms with Crippen LogP contribution in [-0.2, 0) is 19.9 Å². The van der Waals surface area contributed by atoms with Gasteiger partial charge in [0.1, 0.15) is 5.82 Å². The maximum Gasteiger partial charge on any atom is 0.110 e. The van der Waals surface area contributed by atoms with Gasteiger partial charge in [0.2, 0.25) is 0 Å². The molecule has 0 amide bonds. The Bertz CT molecular complexity index is 1120. The Morgan fingerprint density at radius 3 is 2.77 bits per heavy atom. The van der Waals surface area contributed by atoms with Crippen LogP contribution in [0.25, 0.3) is 29.3 Å². The topological polar surface area (TPSA) is 56.7 Å². The first-order valence-electron chi connectivity index (χ1n) is 9.20. The van der Waals surface area contributed by atoms with E-state index < -0.39 is 0 Å². The highest BCUT2D eigenvalue weighted by Gasteiger charge is 2.12. The molecular weight excluding hydrogens is 320 g/mol. The molecule has 3 aromatic rings. The molecule has 2 aromatic heterocycles. The first kappa shape index (κ1) is 16.6. The molecule has 0 spiro atoms. The fourth-order valence-electron chi connectivity index (χ4n) is 3.61. The average Bonchev–Trinajstić information content (AvgIpc) is 2.98. The van der Waals surface area contributed by atoms with Crippen molar-refractivity contribution >= 4 is 34.9 Å². The van der Waals surface area contributed by atoms with Gasteiger partial charge in [0.25, 0.3) is 0 Å². The van der Waals surface area contributed by atoms with Crippen LogP contribution in [0, 0.1) is 0 Å². The van der Waals surface area contributed by atoms with Crippen LogP contribution in [0.2, 0.25) is 0 Å². The summed E-state index contributed by atoms with van der Waals surface area (Å²) in [7, 11) is 2.07. The quantitative estimate of drug-likeness (QED) is 0.741. The van der Waals surface area contributed by atoms with Crippen molar-refractivity contribution in [1.82, 2.24) is 14.5 Å². The molecule has 1 aliphatic rings. The van der Waals surface area contributed by atoms with E-state index in [1.54, 1.807) is 0 Å². The Kier molecular flexibility index (Phi) is 4.33. The van der Waals surface area contributed by atoms with Gasteiger partial charge in [0, 0.05) is 30.4 Å². The van der Waals surface area contributed by atoms with E-state index in [4.69, 9.17) is 15.7 Å². The maximum absolute atomic E-state index is 6.14. The number of nitrogens with zero attached hydrogens (tertiary/aromatic N) is 3. The van der Waals surface area contributed by atoms with E-state index in [1.165, 1.54) is 5.22 Å². The number of rotatable bonds is 4. The van der Waals surface area contributed by atoms with E-state index in [0.717, 1.165) is 64.8 Å². The fourth-order valence-corrected chi connectivity index (χ4v) is 3.61. The van der Waals surface area contributed by atoms with Crippen LogP contribution >= 0.6 is 0 Å². The monoisotopic (exact) mass is 344 g/mol. The van der Waals surface area contributed by atoms with Gasteiger partial charge in [-0.25, -0.2) is 4.98 Å². The summed E-state index contributed by atoms with van der Waals surface area (Å²) in [6.45, 7) is 2.00. The van der Waals surface area contributed by atoms with E-state index >= 15 is 0 Å². The number of hydrogen-bond donors (Lipinski definition) is 1. The number of benzene rings is 1. The van der Waals surface area contributed by atoms with Gasteiger partial charge in [0.15, 0.2) is 0 Å². The molecule has 0 aliphatic heterocycles. The summed E-state index contributed by atoms with van der Waals surface area (Å²) in [6.07, 6.45) is 12.5. The fraction of sp³-hybridized carbons (Fsp3) is 0.273. The number of imidazole rings is 1. The lowest BCUT2D eigenvalue weighted by molar-refractivity contribution is 0.773. The largest absolute Gasteiger partial charge is 0.398 e. The number of aromatic nitrogens is 3. The van der Waals surface area contributed by atoms with Crippen LogP contribution in [0.1, 0.15) is 36.8 Å². The summed E-state index contributed by atoms with van der Waals surface area (Å²) in [5, 5.41) is 2.39. The number of nitrogen functional groups attached to an aromatic ring is 1. The highest BCUT2D eigenvalue weighted by Crippen LogP contribution is 2.26. The lowest BCUT2D eigenvalue weighted by Gasteiger charge is -2.05. The van der Waals surface area contributed by atoms with Crippen LogP contribution < -0.4 is 16.3 Å². The van der Waals surface area contributed by atoms with Gasteiger partial charge < -0.3 is 10.3 Å². The Morgan fingerprint density at radius 1 is 1.08 bits per heavy atom. The Labute approximate surface area is 153 Å². The molecule has 0 unspecified atom stereocenters. The minimum Gasteiger partial charge on any atom is -0.398 e. The van der Waals surface area contributed by atoms with Gasteiger partial charge in [0.05, 0.1) is 16.4 Å². The molecule has 0 atom stereocenters. The van der Waals surface area contributed by atoms with Crippen molar-refractivity contribution in [2.24, 2.45) is 7.05 Å². The predicted molar refractivity (Wildman–Crippen MR) is 109 cm³/mol. The highest BCUT2D eigenvalue weighted by atomic mass is 15.1. The van der Waals surface area contributed by atoms with Crippen molar-refractivity contribution in [3.8, 4) is 0 Å². The van der Waals surface area contributed by atoms with Gasteiger partial charge in [-0.2, -0.15) is 0 Å². The molecule has 0 bridgehead atoms. The maximum atomic E-state index is 6.14. The van der Waals surface area contributed by atoms with Gasteiger partial charge in [-0.1, -0.05) is 30.4 Å². The standard InChI is InChI=1S/C22H24N4/c1-3-6-17-18(23)12-13-20-22(17)25-21(26(20)2)14-11-16-10-9-15-7-4-5-8-19(15)24-16/h3,6-10,12-13H,4-5,11,14,23H2,1-2H3/b6-3-. The third kappa shape index (κ3) is 2.92. The van der Waals surface area contributed by atoms with Crippen LogP contribution in [0.15, 0.2) is 30.3 Å². The lowest BCUT2D eigenvalue weighted by atomic mass is 10.1. The zero-order valence-corrected chi connectivity index (χ0v) is 15.4. The number of allylic oxidation sites excluding steroid dienone is 1. The molecule has 2 heterocycles. The van der Waals surface area contributed by atoms with E-state index in [-0.39, 0.29) is 0 Å². The summed E-state index contributed by atoms with van der Waals surface area (Å²) in [4.78, 5) is 9.70. The minimum absolute atomic E-state index is 0.767. The van der Waals surface area contributed by atoms with E-state index in [2.05, 4.69) is 42.0 Å². The van der Waals surface area contributed by atoms with Crippen molar-refractivity contribution in [3.63, 3.8) is 0 Å². The van der Waals surface area contributed by atoms with Crippen LogP contribution in [0.4, 0.5) is 5.69 Å². The molecule has 26 heavy (non-hydrogen) atoms. The zero-order valence-electron chi connectivity index (χ0n) is 15.4. The summed E-state index contributed by atoms with van der Waals surface area (Å²) >= 11 is 0. The zero-order chi connectivity index (χ0) is 18.1. The summed E-state index contributed by atoms with van der Waals surface area (Å²) in [5.41, 5.74) is 11.1. The lowest BCUT2D eigenvalue weighted by Crippen LogP contribution is -2.30. The third-order valence-electron chi connectivity index (χ3n) is 5.04. The Balaban J connectivity index is 1.66. The SMILES string of the molecule is C/C=C\c1c(N)ccc2c1nc(CCc1ccc3c(n1)=CCCC=3)n2C. The molecule has 4 rings (SSSR count). The molecule has 2 N–H and O–H groups in total. The molecule has 0 saturated heterocycles. The molecule has 4 nitrogen and oxygen atoms in total. The average molecular weight is 344 g/mol. The van der Waals surface area contributed by atoms with Crippen LogP contribution in [0.5, 0.6) is 0 Å². The second-order valence-electron chi connectivity index (χ2n) is 6.79. The second-order valence-corrected chi connectivity index (χ2v) is 6.79. The number of pyridine rings is 1. The van der Waals surface area contributed by atoms with Gasteiger partial charge in [-0.15, -0.1) is 0 Å². The predicted octanol–water partition coefficient (Wildman–Crippen LogP) is 2.72. The Hall–Kier alpha value is -2.88. The van der Waals surface area contributed by atoms with Crippen LogP contribution in [-0.4, -0.2) is 14.5 Å². The molecule has 1 aromatic carbocycles. The molecule has 0 radical (unpaired) electrons. The van der Waals surface area contributed by atoms with Crippen molar-refractivity contribution in [3.05, 3.63) is 58.0 Å². The number of hydrogen-bond acceptors (Lipinski definition) is 3. The van der Waals surface area contributed by atoms with Gasteiger partial charge in [-0.05, 0) is 49.6 Å². The molecule has 0 fully saturated rings. The number of nitrogens with two attached hydrogens (primary N) is 1. The minimum atomic E-state index is 0.767. The summed E-state index contributed by atoms with van der Waals surface area (Å²) < 4.78 is 2.17. The smallest absolute Gasteiger partial charge is 0.110 e.